The number of benzene rings is 2. The van der Waals surface area contributed by atoms with Gasteiger partial charge in [0.25, 0.3) is 0 Å². The Hall–Kier alpha value is -1.74. The van der Waals surface area contributed by atoms with E-state index in [4.69, 9.17) is 4.74 Å². The molecule has 0 saturated heterocycles. The SMILES string of the molecule is COC(=O)c1ccccc1Sc1cc(C)cc(C)c1. The van der Waals surface area contributed by atoms with Crippen molar-refractivity contribution in [2.75, 3.05) is 7.11 Å². The third-order valence-electron chi connectivity index (χ3n) is 2.72. The van der Waals surface area contributed by atoms with Gasteiger partial charge in [-0.1, -0.05) is 30.0 Å². The van der Waals surface area contributed by atoms with Gasteiger partial charge in [0, 0.05) is 9.79 Å². The van der Waals surface area contributed by atoms with E-state index in [1.807, 2.05) is 18.2 Å². The van der Waals surface area contributed by atoms with Gasteiger partial charge in [0.05, 0.1) is 12.7 Å². The maximum absolute atomic E-state index is 11.7. The average Bonchev–Trinajstić information content (AvgIpc) is 2.37. The van der Waals surface area contributed by atoms with Crippen molar-refractivity contribution in [1.82, 2.24) is 0 Å². The maximum Gasteiger partial charge on any atom is 0.339 e. The highest BCUT2D eigenvalue weighted by atomic mass is 32.2. The Balaban J connectivity index is 2.35. The summed E-state index contributed by atoms with van der Waals surface area (Å²) in [6.07, 6.45) is 0. The Morgan fingerprint density at radius 1 is 1.05 bits per heavy atom. The quantitative estimate of drug-likeness (QED) is 0.782. The Morgan fingerprint density at radius 2 is 1.68 bits per heavy atom. The summed E-state index contributed by atoms with van der Waals surface area (Å²) in [6.45, 7) is 4.15. The van der Waals surface area contributed by atoms with E-state index in [0.29, 0.717) is 5.56 Å². The zero-order valence-electron chi connectivity index (χ0n) is 11.3. The normalized spacial score (nSPS) is 10.3. The van der Waals surface area contributed by atoms with Crippen molar-refractivity contribution in [2.24, 2.45) is 0 Å². The van der Waals surface area contributed by atoms with Crippen molar-refractivity contribution in [2.45, 2.75) is 23.6 Å². The molecular formula is C16H16O2S. The van der Waals surface area contributed by atoms with E-state index < -0.39 is 0 Å². The minimum Gasteiger partial charge on any atom is -0.465 e. The van der Waals surface area contributed by atoms with E-state index in [1.54, 1.807) is 17.8 Å². The number of methoxy groups -OCH3 is 1. The molecule has 2 rings (SSSR count). The van der Waals surface area contributed by atoms with Crippen LogP contribution in [0.3, 0.4) is 0 Å². The molecule has 0 bridgehead atoms. The smallest absolute Gasteiger partial charge is 0.339 e. The lowest BCUT2D eigenvalue weighted by Crippen LogP contribution is -2.02. The lowest BCUT2D eigenvalue weighted by atomic mass is 10.2. The van der Waals surface area contributed by atoms with Crippen LogP contribution in [0, 0.1) is 13.8 Å². The first-order valence-corrected chi connectivity index (χ1v) is 6.85. The topological polar surface area (TPSA) is 26.3 Å². The summed E-state index contributed by atoms with van der Waals surface area (Å²) >= 11 is 1.59. The Morgan fingerprint density at radius 3 is 2.32 bits per heavy atom. The van der Waals surface area contributed by atoms with Crippen LogP contribution >= 0.6 is 11.8 Å². The first kappa shape index (κ1) is 13.7. The van der Waals surface area contributed by atoms with E-state index in [2.05, 4.69) is 32.0 Å². The number of hydrogen-bond donors (Lipinski definition) is 0. The predicted molar refractivity (Wildman–Crippen MR) is 77.8 cm³/mol. The molecule has 0 amide bonds. The van der Waals surface area contributed by atoms with E-state index in [9.17, 15) is 4.79 Å². The van der Waals surface area contributed by atoms with Gasteiger partial charge in [-0.15, -0.1) is 0 Å². The molecule has 0 saturated carbocycles. The standard InChI is InChI=1S/C16H16O2S/c1-11-8-12(2)10-13(9-11)19-15-7-5-4-6-14(15)16(17)18-3/h4-10H,1-3H3. The highest BCUT2D eigenvalue weighted by molar-refractivity contribution is 7.99. The number of carbonyl (C=O) groups excluding carboxylic acids is 1. The molecule has 0 atom stereocenters. The minimum atomic E-state index is -0.299. The Labute approximate surface area is 117 Å². The van der Waals surface area contributed by atoms with Crippen molar-refractivity contribution >= 4 is 17.7 Å². The van der Waals surface area contributed by atoms with E-state index in [-0.39, 0.29) is 5.97 Å². The second kappa shape index (κ2) is 5.93. The zero-order chi connectivity index (χ0) is 13.8. The molecule has 0 N–H and O–H groups in total. The highest BCUT2D eigenvalue weighted by Crippen LogP contribution is 2.31. The molecule has 0 spiro atoms. The van der Waals surface area contributed by atoms with E-state index in [0.717, 1.165) is 9.79 Å². The minimum absolute atomic E-state index is 0.299. The van der Waals surface area contributed by atoms with Crippen molar-refractivity contribution in [3.8, 4) is 0 Å². The molecule has 0 heterocycles. The fourth-order valence-electron chi connectivity index (χ4n) is 1.95. The molecule has 2 aromatic carbocycles. The number of carbonyl (C=O) groups is 1. The predicted octanol–water partition coefficient (Wildman–Crippen LogP) is 4.24. The first-order valence-electron chi connectivity index (χ1n) is 6.03. The molecule has 0 aliphatic rings. The third kappa shape index (κ3) is 3.38. The van der Waals surface area contributed by atoms with Crippen LogP contribution in [-0.2, 0) is 4.74 Å². The summed E-state index contributed by atoms with van der Waals surface area (Å²) < 4.78 is 4.81. The van der Waals surface area contributed by atoms with Gasteiger partial charge in [0.2, 0.25) is 0 Å². The summed E-state index contributed by atoms with van der Waals surface area (Å²) in [7, 11) is 1.40. The molecule has 3 heteroatoms. The molecule has 98 valence electrons. The van der Waals surface area contributed by atoms with Crippen molar-refractivity contribution < 1.29 is 9.53 Å². The van der Waals surface area contributed by atoms with Crippen LogP contribution in [-0.4, -0.2) is 13.1 Å². The average molecular weight is 272 g/mol. The van der Waals surface area contributed by atoms with Gasteiger partial charge in [0.1, 0.15) is 0 Å². The third-order valence-corrected chi connectivity index (χ3v) is 3.76. The summed E-state index contributed by atoms with van der Waals surface area (Å²) in [6, 6.07) is 13.9. The highest BCUT2D eigenvalue weighted by Gasteiger charge is 2.12. The van der Waals surface area contributed by atoms with Crippen LogP contribution in [0.25, 0.3) is 0 Å². The lowest BCUT2D eigenvalue weighted by Gasteiger charge is -2.08. The van der Waals surface area contributed by atoms with Gasteiger partial charge in [-0.25, -0.2) is 4.79 Å². The summed E-state index contributed by atoms with van der Waals surface area (Å²) in [5.41, 5.74) is 3.05. The number of aryl methyl sites for hydroxylation is 2. The first-order chi connectivity index (χ1) is 9.10. The fourth-order valence-corrected chi connectivity index (χ4v) is 3.10. The van der Waals surface area contributed by atoms with Gasteiger partial charge < -0.3 is 4.74 Å². The van der Waals surface area contributed by atoms with Crippen LogP contribution in [0.5, 0.6) is 0 Å². The second-order valence-electron chi connectivity index (χ2n) is 4.41. The Kier molecular flexibility index (Phi) is 4.27. The molecule has 0 unspecified atom stereocenters. The summed E-state index contributed by atoms with van der Waals surface area (Å²) in [5.74, 6) is -0.299. The number of rotatable bonds is 3. The summed E-state index contributed by atoms with van der Waals surface area (Å²) in [4.78, 5) is 13.8. The largest absolute Gasteiger partial charge is 0.465 e. The molecule has 0 aliphatic heterocycles. The molecule has 19 heavy (non-hydrogen) atoms. The zero-order valence-corrected chi connectivity index (χ0v) is 12.1. The lowest BCUT2D eigenvalue weighted by molar-refractivity contribution is 0.0597. The van der Waals surface area contributed by atoms with Crippen LogP contribution in [0.1, 0.15) is 21.5 Å². The monoisotopic (exact) mass is 272 g/mol. The molecule has 0 aliphatic carbocycles. The molecule has 0 fully saturated rings. The number of esters is 1. The second-order valence-corrected chi connectivity index (χ2v) is 5.53. The van der Waals surface area contributed by atoms with Crippen molar-refractivity contribution in [3.05, 3.63) is 59.2 Å². The van der Waals surface area contributed by atoms with Gasteiger partial charge in [-0.05, 0) is 49.2 Å². The van der Waals surface area contributed by atoms with Crippen molar-refractivity contribution in [1.29, 1.82) is 0 Å². The number of ether oxygens (including phenoxy) is 1. The van der Waals surface area contributed by atoms with Crippen LogP contribution < -0.4 is 0 Å². The van der Waals surface area contributed by atoms with Crippen LogP contribution in [0.15, 0.2) is 52.3 Å². The number of hydrogen-bond acceptors (Lipinski definition) is 3. The van der Waals surface area contributed by atoms with E-state index in [1.165, 1.54) is 18.2 Å². The van der Waals surface area contributed by atoms with Gasteiger partial charge in [-0.2, -0.15) is 0 Å². The van der Waals surface area contributed by atoms with Crippen LogP contribution in [0.4, 0.5) is 0 Å². The van der Waals surface area contributed by atoms with Gasteiger partial charge in [-0.3, -0.25) is 0 Å². The van der Waals surface area contributed by atoms with Gasteiger partial charge in [0.15, 0.2) is 0 Å². The van der Waals surface area contributed by atoms with Crippen LogP contribution in [0.2, 0.25) is 0 Å². The molecule has 0 radical (unpaired) electrons. The Bertz CT molecular complexity index is 585. The van der Waals surface area contributed by atoms with Crippen molar-refractivity contribution in [3.63, 3.8) is 0 Å². The van der Waals surface area contributed by atoms with E-state index >= 15 is 0 Å². The molecular weight excluding hydrogens is 256 g/mol. The summed E-state index contributed by atoms with van der Waals surface area (Å²) in [5, 5.41) is 0. The molecule has 0 aromatic heterocycles. The van der Waals surface area contributed by atoms with Gasteiger partial charge >= 0.3 is 5.97 Å². The molecule has 2 aromatic rings. The fraction of sp³-hybridized carbons (Fsp3) is 0.188. The maximum atomic E-state index is 11.7. The molecule has 2 nitrogen and oxygen atoms in total.